The number of hydrogen-bond donors (Lipinski definition) is 1. The summed E-state index contributed by atoms with van der Waals surface area (Å²) in [4.78, 5) is 13.8. The lowest BCUT2D eigenvalue weighted by atomic mass is 9.78. The average Bonchev–Trinajstić information content (AvgIpc) is 2.37. The van der Waals surface area contributed by atoms with Crippen LogP contribution in [0.2, 0.25) is 0 Å². The smallest absolute Gasteiger partial charge is 0.232 e. The zero-order valence-corrected chi connectivity index (χ0v) is 11.6. The van der Waals surface area contributed by atoms with Crippen molar-refractivity contribution < 1.29 is 14.6 Å². The van der Waals surface area contributed by atoms with E-state index >= 15 is 0 Å². The lowest BCUT2D eigenvalue weighted by Crippen LogP contribution is -2.48. The van der Waals surface area contributed by atoms with Gasteiger partial charge in [0.25, 0.3) is 0 Å². The Balaban J connectivity index is 2.58. The Morgan fingerprint density at radius 2 is 2.35 bits per heavy atom. The van der Waals surface area contributed by atoms with Crippen molar-refractivity contribution in [3.63, 3.8) is 0 Å². The highest BCUT2D eigenvalue weighted by molar-refractivity contribution is 7.99. The van der Waals surface area contributed by atoms with E-state index in [1.165, 1.54) is 0 Å². The van der Waals surface area contributed by atoms with Crippen LogP contribution in [0.4, 0.5) is 0 Å². The van der Waals surface area contributed by atoms with Gasteiger partial charge in [-0.3, -0.25) is 4.79 Å². The number of aliphatic hydroxyl groups is 1. The molecular weight excluding hydrogens is 238 g/mol. The number of carbonyl (C=O) groups excluding carboxylic acids is 1. The van der Waals surface area contributed by atoms with Crippen molar-refractivity contribution in [1.82, 2.24) is 4.90 Å². The van der Waals surface area contributed by atoms with Gasteiger partial charge in [0, 0.05) is 32.2 Å². The number of amides is 1. The molecule has 0 saturated carbocycles. The van der Waals surface area contributed by atoms with E-state index < -0.39 is 0 Å². The lowest BCUT2D eigenvalue weighted by molar-refractivity contribution is -0.133. The van der Waals surface area contributed by atoms with Crippen LogP contribution in [0.1, 0.15) is 19.3 Å². The van der Waals surface area contributed by atoms with Crippen LogP contribution >= 0.6 is 11.8 Å². The molecule has 1 aliphatic heterocycles. The Bertz CT molecular complexity index is 250. The number of thioether (sulfide) groups is 1. The maximum Gasteiger partial charge on any atom is 0.232 e. The Kier molecular flexibility index (Phi) is 6.30. The summed E-state index contributed by atoms with van der Waals surface area (Å²) in [5.41, 5.74) is -0.150. The molecule has 100 valence electrons. The van der Waals surface area contributed by atoms with Gasteiger partial charge in [-0.05, 0) is 25.5 Å². The lowest BCUT2D eigenvalue weighted by Gasteiger charge is -2.41. The molecule has 0 spiro atoms. The van der Waals surface area contributed by atoms with Crippen molar-refractivity contribution in [2.75, 3.05) is 45.4 Å². The summed E-state index contributed by atoms with van der Waals surface area (Å²) < 4.78 is 5.10. The first-order valence-corrected chi connectivity index (χ1v) is 7.43. The quantitative estimate of drug-likeness (QED) is 0.774. The Morgan fingerprint density at radius 3 is 2.94 bits per heavy atom. The summed E-state index contributed by atoms with van der Waals surface area (Å²) in [6.45, 7) is 2.28. The van der Waals surface area contributed by atoms with Crippen molar-refractivity contribution in [3.05, 3.63) is 0 Å². The molecule has 0 aromatic carbocycles. The second-order valence-electron chi connectivity index (χ2n) is 4.75. The van der Waals surface area contributed by atoms with E-state index in [2.05, 4.69) is 0 Å². The molecule has 17 heavy (non-hydrogen) atoms. The minimum absolute atomic E-state index is 0.138. The van der Waals surface area contributed by atoms with Crippen LogP contribution < -0.4 is 0 Å². The highest BCUT2D eigenvalue weighted by Crippen LogP contribution is 2.33. The first-order valence-electron chi connectivity index (χ1n) is 6.04. The minimum Gasteiger partial charge on any atom is -0.396 e. The van der Waals surface area contributed by atoms with Gasteiger partial charge in [-0.25, -0.2) is 0 Å². The summed E-state index contributed by atoms with van der Waals surface area (Å²) in [6.07, 6.45) is 4.72. The second-order valence-corrected chi connectivity index (χ2v) is 5.62. The number of likely N-dealkylation sites (tertiary alicyclic amines) is 1. The van der Waals surface area contributed by atoms with Crippen molar-refractivity contribution in [1.29, 1.82) is 0 Å². The molecule has 0 bridgehead atoms. The van der Waals surface area contributed by atoms with Gasteiger partial charge in [0.15, 0.2) is 0 Å². The molecule has 0 unspecified atom stereocenters. The van der Waals surface area contributed by atoms with E-state index in [1.54, 1.807) is 18.9 Å². The summed E-state index contributed by atoms with van der Waals surface area (Å²) in [7, 11) is 1.67. The van der Waals surface area contributed by atoms with Gasteiger partial charge in [-0.2, -0.15) is 11.8 Å². The third-order valence-electron chi connectivity index (χ3n) is 3.45. The molecule has 0 aromatic heterocycles. The monoisotopic (exact) mass is 261 g/mol. The first kappa shape index (κ1) is 14.8. The predicted octanol–water partition coefficient (Wildman–Crippen LogP) is 0.987. The van der Waals surface area contributed by atoms with E-state index in [0.717, 1.165) is 25.8 Å². The molecule has 0 aliphatic carbocycles. The summed E-state index contributed by atoms with van der Waals surface area (Å²) in [5.74, 6) is 0.721. The van der Waals surface area contributed by atoms with E-state index in [4.69, 9.17) is 4.74 Å². The molecule has 1 N–H and O–H groups in total. The van der Waals surface area contributed by atoms with Gasteiger partial charge in [-0.15, -0.1) is 0 Å². The zero-order valence-electron chi connectivity index (χ0n) is 10.8. The fourth-order valence-electron chi connectivity index (χ4n) is 2.37. The van der Waals surface area contributed by atoms with Crippen molar-refractivity contribution in [3.8, 4) is 0 Å². The van der Waals surface area contributed by atoms with E-state index in [9.17, 15) is 9.90 Å². The Labute approximate surface area is 108 Å². The third kappa shape index (κ3) is 4.16. The Hall–Kier alpha value is -0.260. The van der Waals surface area contributed by atoms with Crippen LogP contribution in [0.5, 0.6) is 0 Å². The summed E-state index contributed by atoms with van der Waals surface area (Å²) in [5, 5.41) is 9.60. The maximum atomic E-state index is 11.9. The minimum atomic E-state index is -0.150. The maximum absolute atomic E-state index is 11.9. The van der Waals surface area contributed by atoms with Crippen LogP contribution in [0.25, 0.3) is 0 Å². The van der Waals surface area contributed by atoms with Crippen LogP contribution in [0, 0.1) is 5.41 Å². The molecule has 1 heterocycles. The highest BCUT2D eigenvalue weighted by atomic mass is 32.2. The van der Waals surface area contributed by atoms with E-state index in [-0.39, 0.29) is 17.9 Å². The van der Waals surface area contributed by atoms with Crippen molar-refractivity contribution in [2.24, 2.45) is 5.41 Å². The molecular formula is C12H23NO3S. The van der Waals surface area contributed by atoms with E-state index in [1.807, 2.05) is 11.2 Å². The third-order valence-corrected chi connectivity index (χ3v) is 3.99. The highest BCUT2D eigenvalue weighted by Gasteiger charge is 2.36. The number of nitrogens with zero attached hydrogens (tertiary/aromatic N) is 1. The zero-order chi connectivity index (χ0) is 12.7. The van der Waals surface area contributed by atoms with Crippen LogP contribution in [0.3, 0.4) is 0 Å². The molecule has 5 heteroatoms. The molecule has 1 amide bonds. The second kappa shape index (κ2) is 7.24. The number of aliphatic hydroxyl groups excluding tert-OH is 1. The van der Waals surface area contributed by atoms with Gasteiger partial charge in [0.05, 0.1) is 12.4 Å². The molecule has 1 saturated heterocycles. The Morgan fingerprint density at radius 1 is 1.59 bits per heavy atom. The summed E-state index contributed by atoms with van der Waals surface area (Å²) >= 11 is 1.55. The molecule has 1 rings (SSSR count). The predicted molar refractivity (Wildman–Crippen MR) is 70.2 cm³/mol. The number of methoxy groups -OCH3 is 1. The molecule has 1 fully saturated rings. The fourth-order valence-corrected chi connectivity index (χ4v) is 2.80. The molecule has 1 aliphatic rings. The van der Waals surface area contributed by atoms with Crippen molar-refractivity contribution >= 4 is 17.7 Å². The van der Waals surface area contributed by atoms with Crippen LogP contribution in [-0.2, 0) is 9.53 Å². The molecule has 4 nitrogen and oxygen atoms in total. The van der Waals surface area contributed by atoms with Crippen molar-refractivity contribution in [2.45, 2.75) is 19.3 Å². The molecule has 1 atom stereocenters. The molecule has 0 aromatic rings. The average molecular weight is 261 g/mol. The fraction of sp³-hybridized carbons (Fsp3) is 0.917. The number of piperidine rings is 1. The first-order chi connectivity index (χ1) is 8.17. The van der Waals surface area contributed by atoms with Gasteiger partial charge in [0.2, 0.25) is 5.91 Å². The van der Waals surface area contributed by atoms with Gasteiger partial charge in [0.1, 0.15) is 0 Å². The van der Waals surface area contributed by atoms with E-state index in [0.29, 0.717) is 18.9 Å². The largest absolute Gasteiger partial charge is 0.396 e. The number of ether oxygens (including phenoxy) is 1. The number of carbonyl (C=O) groups is 1. The van der Waals surface area contributed by atoms with Gasteiger partial charge < -0.3 is 14.7 Å². The topological polar surface area (TPSA) is 49.8 Å². The summed E-state index contributed by atoms with van der Waals surface area (Å²) in [6, 6.07) is 0. The van der Waals surface area contributed by atoms with Gasteiger partial charge >= 0.3 is 0 Å². The van der Waals surface area contributed by atoms with Crippen LogP contribution in [-0.4, -0.2) is 61.3 Å². The standard InChI is InChI=1S/C12H23NO3S/c1-16-7-5-12(10-14)4-3-6-13(9-12)11(15)8-17-2/h14H,3-10H2,1-2H3/t12-/m1/s1. The normalized spacial score (nSPS) is 25.0. The molecule has 0 radical (unpaired) electrons. The van der Waals surface area contributed by atoms with Crippen LogP contribution in [0.15, 0.2) is 0 Å². The SMILES string of the molecule is COCC[C@]1(CO)CCCN(C(=O)CSC)C1. The number of rotatable bonds is 6. The van der Waals surface area contributed by atoms with Gasteiger partial charge in [-0.1, -0.05) is 0 Å². The number of hydrogen-bond acceptors (Lipinski definition) is 4.